The highest BCUT2D eigenvalue weighted by atomic mass is 16.7. The first kappa shape index (κ1) is 22.2. The third-order valence-electron chi connectivity index (χ3n) is 5.95. The summed E-state index contributed by atoms with van der Waals surface area (Å²) in [7, 11) is 1.83. The Morgan fingerprint density at radius 1 is 1.19 bits per heavy atom. The Hall–Kier alpha value is -2.97. The number of hydroxylamine groups is 2. The van der Waals surface area contributed by atoms with E-state index in [1.807, 2.05) is 11.9 Å². The molecular formula is C24H32N6O2. The molecule has 170 valence electrons. The Labute approximate surface area is 189 Å². The predicted molar refractivity (Wildman–Crippen MR) is 125 cm³/mol. The Kier molecular flexibility index (Phi) is 6.72. The summed E-state index contributed by atoms with van der Waals surface area (Å²) in [5, 5.41) is 1.68. The van der Waals surface area contributed by atoms with E-state index in [4.69, 9.17) is 10.6 Å². The molecule has 2 aromatic rings. The standard InChI is InChI=1S/C24H32N6O2/c1-4-10-28(3)32-24-26-22(25)20-14-21(31)17(2)30(23(20)27-24)16-19-9-7-8-18(13-19)15-29-11-5-6-12-29/h7-9,13H,2,4-6,10-12,14-16H2,1,3H3,(H2,25,26,27). The number of nitrogen functional groups attached to an aromatic ring is 1. The van der Waals surface area contributed by atoms with Crippen molar-refractivity contribution < 1.29 is 9.63 Å². The number of benzene rings is 1. The molecule has 2 aliphatic heterocycles. The Morgan fingerprint density at radius 3 is 2.62 bits per heavy atom. The van der Waals surface area contributed by atoms with Crippen LogP contribution in [0.4, 0.5) is 11.6 Å². The molecule has 2 N–H and O–H groups in total. The fraction of sp³-hybridized carbons (Fsp3) is 0.458. The van der Waals surface area contributed by atoms with Crippen molar-refractivity contribution in [3.63, 3.8) is 0 Å². The molecule has 1 aromatic carbocycles. The van der Waals surface area contributed by atoms with Gasteiger partial charge in [-0.3, -0.25) is 9.69 Å². The van der Waals surface area contributed by atoms with E-state index in [2.05, 4.69) is 52.6 Å². The van der Waals surface area contributed by atoms with E-state index >= 15 is 0 Å². The van der Waals surface area contributed by atoms with E-state index in [0.29, 0.717) is 23.6 Å². The highest BCUT2D eigenvalue weighted by molar-refractivity contribution is 6.03. The van der Waals surface area contributed by atoms with Crippen LogP contribution in [0.2, 0.25) is 0 Å². The van der Waals surface area contributed by atoms with Gasteiger partial charge >= 0.3 is 6.01 Å². The van der Waals surface area contributed by atoms with Crippen LogP contribution in [-0.4, -0.2) is 52.4 Å². The van der Waals surface area contributed by atoms with Crippen LogP contribution in [0.1, 0.15) is 42.9 Å². The number of ketones is 1. The van der Waals surface area contributed by atoms with Crippen LogP contribution in [0.15, 0.2) is 36.5 Å². The lowest BCUT2D eigenvalue weighted by molar-refractivity contribution is -0.115. The SMILES string of the molecule is C=C1C(=O)Cc2c(N)nc(ON(C)CCC)nc2N1Cc1cccc(CN2CCCC2)c1. The van der Waals surface area contributed by atoms with E-state index in [9.17, 15) is 4.79 Å². The average Bonchev–Trinajstić information content (AvgIpc) is 3.26. The third-order valence-corrected chi connectivity index (χ3v) is 5.95. The summed E-state index contributed by atoms with van der Waals surface area (Å²) in [6.07, 6.45) is 3.62. The van der Waals surface area contributed by atoms with Crippen LogP contribution in [-0.2, 0) is 24.3 Å². The van der Waals surface area contributed by atoms with Gasteiger partial charge in [-0.2, -0.15) is 9.97 Å². The van der Waals surface area contributed by atoms with Crippen molar-refractivity contribution in [1.82, 2.24) is 19.9 Å². The minimum absolute atomic E-state index is 0.0715. The predicted octanol–water partition coefficient (Wildman–Crippen LogP) is 2.94. The number of allylic oxidation sites excluding steroid dienone is 1. The first-order valence-corrected chi connectivity index (χ1v) is 11.3. The zero-order valence-electron chi connectivity index (χ0n) is 19.0. The van der Waals surface area contributed by atoms with Gasteiger partial charge in [0.1, 0.15) is 11.6 Å². The molecule has 2 aliphatic rings. The molecule has 8 nitrogen and oxygen atoms in total. The molecule has 0 saturated carbocycles. The number of fused-ring (bicyclic) bond motifs is 1. The fourth-order valence-corrected chi connectivity index (χ4v) is 4.32. The van der Waals surface area contributed by atoms with Gasteiger partial charge in [0.05, 0.1) is 5.70 Å². The number of aromatic nitrogens is 2. The number of nitrogens with zero attached hydrogens (tertiary/aromatic N) is 5. The van der Waals surface area contributed by atoms with Crippen LogP contribution in [0, 0.1) is 0 Å². The first-order chi connectivity index (χ1) is 15.4. The molecule has 32 heavy (non-hydrogen) atoms. The van der Waals surface area contributed by atoms with Gasteiger partial charge in [0.15, 0.2) is 5.78 Å². The van der Waals surface area contributed by atoms with Gasteiger partial charge in [0, 0.05) is 38.7 Å². The second-order valence-corrected chi connectivity index (χ2v) is 8.57. The summed E-state index contributed by atoms with van der Waals surface area (Å²) < 4.78 is 0. The van der Waals surface area contributed by atoms with Crippen molar-refractivity contribution >= 4 is 17.4 Å². The van der Waals surface area contributed by atoms with E-state index in [1.165, 1.54) is 18.4 Å². The van der Waals surface area contributed by atoms with Gasteiger partial charge in [-0.15, -0.1) is 5.06 Å². The summed E-state index contributed by atoms with van der Waals surface area (Å²) in [6, 6.07) is 8.66. The average molecular weight is 437 g/mol. The van der Waals surface area contributed by atoms with E-state index in [-0.39, 0.29) is 24.0 Å². The van der Waals surface area contributed by atoms with Gasteiger partial charge in [0.2, 0.25) is 0 Å². The molecule has 0 radical (unpaired) electrons. The van der Waals surface area contributed by atoms with Gasteiger partial charge < -0.3 is 15.5 Å². The molecule has 3 heterocycles. The topological polar surface area (TPSA) is 87.8 Å². The molecule has 1 aromatic heterocycles. The number of hydrogen-bond donors (Lipinski definition) is 1. The number of likely N-dealkylation sites (tertiary alicyclic amines) is 1. The maximum absolute atomic E-state index is 12.7. The summed E-state index contributed by atoms with van der Waals surface area (Å²) in [5.74, 6) is 0.785. The van der Waals surface area contributed by atoms with Crippen molar-refractivity contribution in [1.29, 1.82) is 0 Å². The number of Topliss-reactive ketones (excluding diaryl/α,β-unsaturated/α-hetero) is 1. The Bertz CT molecular complexity index is 1000. The molecule has 0 aliphatic carbocycles. The highest BCUT2D eigenvalue weighted by Gasteiger charge is 2.31. The van der Waals surface area contributed by atoms with Crippen LogP contribution in [0.25, 0.3) is 0 Å². The zero-order chi connectivity index (χ0) is 22.7. The van der Waals surface area contributed by atoms with Crippen molar-refractivity contribution in [2.75, 3.05) is 37.3 Å². The number of anilines is 2. The minimum Gasteiger partial charge on any atom is -0.383 e. The van der Waals surface area contributed by atoms with Gasteiger partial charge in [-0.05, 0) is 43.5 Å². The molecule has 1 fully saturated rings. The normalized spacial score (nSPS) is 16.7. The Morgan fingerprint density at radius 2 is 1.91 bits per heavy atom. The molecule has 0 atom stereocenters. The van der Waals surface area contributed by atoms with Gasteiger partial charge in [-0.25, -0.2) is 0 Å². The number of nitrogens with two attached hydrogens (primary N) is 1. The smallest absolute Gasteiger partial charge is 0.339 e. The van der Waals surface area contributed by atoms with Crippen LogP contribution >= 0.6 is 0 Å². The maximum Gasteiger partial charge on any atom is 0.339 e. The van der Waals surface area contributed by atoms with E-state index < -0.39 is 0 Å². The minimum atomic E-state index is -0.0715. The molecule has 0 amide bonds. The van der Waals surface area contributed by atoms with Crippen molar-refractivity contribution in [3.8, 4) is 6.01 Å². The van der Waals surface area contributed by atoms with Crippen LogP contribution < -0.4 is 15.5 Å². The van der Waals surface area contributed by atoms with Crippen molar-refractivity contribution in [2.24, 2.45) is 0 Å². The zero-order valence-corrected chi connectivity index (χ0v) is 19.0. The number of hydrogen-bond acceptors (Lipinski definition) is 8. The van der Waals surface area contributed by atoms with Crippen molar-refractivity contribution in [3.05, 3.63) is 53.2 Å². The molecule has 4 rings (SSSR count). The quantitative estimate of drug-likeness (QED) is 0.499. The van der Waals surface area contributed by atoms with Crippen LogP contribution in [0.5, 0.6) is 6.01 Å². The third kappa shape index (κ3) is 4.92. The Balaban J connectivity index is 1.60. The van der Waals surface area contributed by atoms with Gasteiger partial charge in [0.25, 0.3) is 0 Å². The fourth-order valence-electron chi connectivity index (χ4n) is 4.32. The monoisotopic (exact) mass is 436 g/mol. The highest BCUT2D eigenvalue weighted by Crippen LogP contribution is 2.34. The summed E-state index contributed by atoms with van der Waals surface area (Å²) in [5.41, 5.74) is 9.60. The second-order valence-electron chi connectivity index (χ2n) is 8.57. The molecule has 0 bridgehead atoms. The van der Waals surface area contributed by atoms with Crippen LogP contribution in [0.3, 0.4) is 0 Å². The second kappa shape index (κ2) is 9.67. The lowest BCUT2D eigenvalue weighted by atomic mass is 10.0. The largest absolute Gasteiger partial charge is 0.383 e. The van der Waals surface area contributed by atoms with Crippen molar-refractivity contribution in [2.45, 2.75) is 45.7 Å². The molecule has 0 spiro atoms. The molecule has 0 unspecified atom stereocenters. The lowest BCUT2D eigenvalue weighted by Gasteiger charge is -2.31. The molecule has 8 heteroatoms. The number of carbonyl (C=O) groups is 1. The first-order valence-electron chi connectivity index (χ1n) is 11.3. The molecular weight excluding hydrogens is 404 g/mol. The van der Waals surface area contributed by atoms with Gasteiger partial charge in [-0.1, -0.05) is 37.8 Å². The van der Waals surface area contributed by atoms with E-state index in [0.717, 1.165) is 38.2 Å². The summed E-state index contributed by atoms with van der Waals surface area (Å²) >= 11 is 0. The number of rotatable bonds is 8. The maximum atomic E-state index is 12.7. The summed E-state index contributed by atoms with van der Waals surface area (Å²) in [6.45, 7) is 10.6. The lowest BCUT2D eigenvalue weighted by Crippen LogP contribution is -2.35. The summed E-state index contributed by atoms with van der Waals surface area (Å²) in [4.78, 5) is 31.6. The van der Waals surface area contributed by atoms with E-state index in [1.54, 1.807) is 5.06 Å². The number of carbonyl (C=O) groups excluding carboxylic acids is 1. The molecule has 1 saturated heterocycles.